The first-order valence-electron chi connectivity index (χ1n) is 3.82. The van der Waals surface area contributed by atoms with E-state index in [1.54, 1.807) is 11.0 Å². The molecule has 0 heterocycles. The summed E-state index contributed by atoms with van der Waals surface area (Å²) in [7, 11) is 1.81. The minimum absolute atomic E-state index is 0.249. The van der Waals surface area contributed by atoms with Crippen LogP contribution >= 0.6 is 23.2 Å². The summed E-state index contributed by atoms with van der Waals surface area (Å²) in [5, 5.41) is 0.541. The lowest BCUT2D eigenvalue weighted by molar-refractivity contribution is 0.374. The predicted molar refractivity (Wildman–Crippen MR) is 53.6 cm³/mol. The van der Waals surface area contributed by atoms with E-state index in [-0.39, 0.29) is 5.82 Å². The zero-order valence-electron chi connectivity index (χ0n) is 7.23. The van der Waals surface area contributed by atoms with E-state index >= 15 is 0 Å². The SMILES string of the molecule is CN(CCl)Cc1cc(Cl)ccc1F. The molecule has 0 aliphatic heterocycles. The van der Waals surface area contributed by atoms with Crippen LogP contribution in [0.25, 0.3) is 0 Å². The first-order valence-corrected chi connectivity index (χ1v) is 4.73. The normalized spacial score (nSPS) is 10.8. The largest absolute Gasteiger partial charge is 0.289 e. The number of nitrogens with zero attached hydrogens (tertiary/aromatic N) is 1. The summed E-state index contributed by atoms with van der Waals surface area (Å²) >= 11 is 11.3. The van der Waals surface area contributed by atoms with Crippen LogP contribution in [0.4, 0.5) is 4.39 Å². The molecule has 1 aromatic rings. The second-order valence-corrected chi connectivity index (χ2v) is 3.54. The van der Waals surface area contributed by atoms with Crippen LogP contribution in [0.3, 0.4) is 0 Å². The molecule has 0 aliphatic rings. The second kappa shape index (κ2) is 4.80. The van der Waals surface area contributed by atoms with Crippen LogP contribution in [0.2, 0.25) is 5.02 Å². The van der Waals surface area contributed by atoms with Gasteiger partial charge in [0.1, 0.15) is 5.82 Å². The summed E-state index contributed by atoms with van der Waals surface area (Å²) in [6.45, 7) is 0.468. The second-order valence-electron chi connectivity index (χ2n) is 2.87. The highest BCUT2D eigenvalue weighted by molar-refractivity contribution is 6.30. The van der Waals surface area contributed by atoms with Gasteiger partial charge in [0.05, 0.1) is 6.00 Å². The zero-order valence-corrected chi connectivity index (χ0v) is 8.74. The molecule has 0 bridgehead atoms. The smallest absolute Gasteiger partial charge is 0.127 e. The fraction of sp³-hybridized carbons (Fsp3) is 0.333. The summed E-state index contributed by atoms with van der Waals surface area (Å²) in [6.07, 6.45) is 0. The molecule has 0 spiro atoms. The molecule has 0 aliphatic carbocycles. The van der Waals surface area contributed by atoms with Gasteiger partial charge in [-0.2, -0.15) is 0 Å². The van der Waals surface area contributed by atoms with Crippen LogP contribution in [0.1, 0.15) is 5.56 Å². The molecule has 1 nitrogen and oxygen atoms in total. The summed E-state index contributed by atoms with van der Waals surface area (Å²) in [5.74, 6) is -0.249. The van der Waals surface area contributed by atoms with Crippen molar-refractivity contribution in [2.45, 2.75) is 6.54 Å². The first-order chi connectivity index (χ1) is 6.13. The molecule has 0 saturated heterocycles. The maximum absolute atomic E-state index is 13.1. The van der Waals surface area contributed by atoms with Crippen LogP contribution in [0.5, 0.6) is 0 Å². The van der Waals surface area contributed by atoms with E-state index in [1.165, 1.54) is 12.1 Å². The molecule has 72 valence electrons. The number of benzene rings is 1. The van der Waals surface area contributed by atoms with Crippen molar-refractivity contribution >= 4 is 23.2 Å². The van der Waals surface area contributed by atoms with Crippen molar-refractivity contribution in [3.63, 3.8) is 0 Å². The van der Waals surface area contributed by atoms with E-state index in [2.05, 4.69) is 0 Å². The molecule has 13 heavy (non-hydrogen) atoms. The highest BCUT2D eigenvalue weighted by Gasteiger charge is 2.05. The summed E-state index contributed by atoms with van der Waals surface area (Å²) in [6, 6.07) is 4.87. The summed E-state index contributed by atoms with van der Waals surface area (Å²) in [4.78, 5) is 1.79. The Kier molecular flexibility index (Phi) is 3.97. The minimum Gasteiger partial charge on any atom is -0.289 e. The molecule has 0 saturated carbocycles. The molecular weight excluding hydrogens is 212 g/mol. The van der Waals surface area contributed by atoms with E-state index < -0.39 is 0 Å². The predicted octanol–water partition coefficient (Wildman–Crippen LogP) is 3.11. The Morgan fingerprint density at radius 3 is 2.77 bits per heavy atom. The third-order valence-corrected chi connectivity index (χ3v) is 2.30. The quantitative estimate of drug-likeness (QED) is 0.561. The zero-order chi connectivity index (χ0) is 9.84. The van der Waals surface area contributed by atoms with Crippen molar-refractivity contribution in [3.8, 4) is 0 Å². The van der Waals surface area contributed by atoms with Gasteiger partial charge in [-0.05, 0) is 25.2 Å². The number of hydrogen-bond acceptors (Lipinski definition) is 1. The Bertz CT molecular complexity index is 291. The monoisotopic (exact) mass is 221 g/mol. The fourth-order valence-electron chi connectivity index (χ4n) is 0.998. The average Bonchev–Trinajstić information content (AvgIpc) is 2.11. The summed E-state index contributed by atoms with van der Waals surface area (Å²) < 4.78 is 13.1. The average molecular weight is 222 g/mol. The lowest BCUT2D eigenvalue weighted by Gasteiger charge is -2.13. The maximum atomic E-state index is 13.1. The van der Waals surface area contributed by atoms with Crippen molar-refractivity contribution in [3.05, 3.63) is 34.6 Å². The van der Waals surface area contributed by atoms with Gasteiger partial charge in [-0.25, -0.2) is 4.39 Å². The number of alkyl halides is 1. The highest BCUT2D eigenvalue weighted by Crippen LogP contribution is 2.16. The molecule has 0 fully saturated rings. The Morgan fingerprint density at radius 2 is 2.15 bits per heavy atom. The number of halogens is 3. The molecule has 0 N–H and O–H groups in total. The standard InChI is InChI=1S/C9H10Cl2FN/c1-13(6-10)5-7-4-8(11)2-3-9(7)12/h2-4H,5-6H2,1H3. The lowest BCUT2D eigenvalue weighted by atomic mass is 10.2. The van der Waals surface area contributed by atoms with Crippen LogP contribution < -0.4 is 0 Å². The lowest BCUT2D eigenvalue weighted by Crippen LogP contribution is -2.16. The van der Waals surface area contributed by atoms with Crippen LogP contribution in [0.15, 0.2) is 18.2 Å². The van der Waals surface area contributed by atoms with Crippen molar-refractivity contribution in [1.29, 1.82) is 0 Å². The van der Waals surface area contributed by atoms with Gasteiger partial charge in [-0.15, -0.1) is 11.6 Å². The maximum Gasteiger partial charge on any atom is 0.127 e. The van der Waals surface area contributed by atoms with Crippen molar-refractivity contribution in [2.75, 3.05) is 13.1 Å². The molecule has 0 amide bonds. The molecule has 0 aromatic heterocycles. The Hall–Kier alpha value is -0.310. The molecule has 1 aromatic carbocycles. The van der Waals surface area contributed by atoms with Crippen molar-refractivity contribution in [2.24, 2.45) is 0 Å². The molecule has 0 unspecified atom stereocenters. The van der Waals surface area contributed by atoms with Gasteiger partial charge in [0, 0.05) is 17.1 Å². The van der Waals surface area contributed by atoms with Crippen LogP contribution in [-0.4, -0.2) is 18.0 Å². The molecule has 0 radical (unpaired) electrons. The van der Waals surface area contributed by atoms with Gasteiger partial charge >= 0.3 is 0 Å². The van der Waals surface area contributed by atoms with Gasteiger partial charge < -0.3 is 0 Å². The third-order valence-electron chi connectivity index (χ3n) is 1.65. The van der Waals surface area contributed by atoms with Crippen molar-refractivity contribution in [1.82, 2.24) is 4.90 Å². The molecule has 0 atom stereocenters. The Balaban J connectivity index is 2.81. The molecule has 4 heteroatoms. The van der Waals surface area contributed by atoms with Gasteiger partial charge in [0.15, 0.2) is 0 Å². The summed E-state index contributed by atoms with van der Waals surface area (Å²) in [5.41, 5.74) is 0.565. The topological polar surface area (TPSA) is 3.24 Å². The minimum atomic E-state index is -0.249. The van der Waals surface area contributed by atoms with Crippen LogP contribution in [-0.2, 0) is 6.54 Å². The van der Waals surface area contributed by atoms with E-state index in [0.717, 1.165) is 0 Å². The van der Waals surface area contributed by atoms with E-state index in [1.807, 2.05) is 7.05 Å². The van der Waals surface area contributed by atoms with Gasteiger partial charge in [0.25, 0.3) is 0 Å². The fourth-order valence-corrected chi connectivity index (χ4v) is 1.28. The highest BCUT2D eigenvalue weighted by atomic mass is 35.5. The van der Waals surface area contributed by atoms with Gasteiger partial charge in [-0.3, -0.25) is 4.90 Å². The van der Waals surface area contributed by atoms with E-state index in [4.69, 9.17) is 23.2 Å². The Labute approximate surface area is 87.1 Å². The van der Waals surface area contributed by atoms with Crippen LogP contribution in [0, 0.1) is 5.82 Å². The van der Waals surface area contributed by atoms with E-state index in [0.29, 0.717) is 23.1 Å². The molecular formula is C9H10Cl2FN. The number of hydrogen-bond donors (Lipinski definition) is 0. The van der Waals surface area contributed by atoms with E-state index in [9.17, 15) is 4.39 Å². The Morgan fingerprint density at radius 1 is 1.46 bits per heavy atom. The van der Waals surface area contributed by atoms with Gasteiger partial charge in [-0.1, -0.05) is 11.6 Å². The van der Waals surface area contributed by atoms with Gasteiger partial charge in [0.2, 0.25) is 0 Å². The first kappa shape index (κ1) is 10.8. The third kappa shape index (κ3) is 3.14. The van der Waals surface area contributed by atoms with Crippen molar-refractivity contribution < 1.29 is 4.39 Å². The number of rotatable bonds is 3. The molecule has 1 rings (SSSR count).